The molecule has 2 aromatic heterocycles. The highest BCUT2D eigenvalue weighted by Gasteiger charge is 2.61. The molecule has 0 bridgehead atoms. The van der Waals surface area contributed by atoms with E-state index in [1.54, 1.807) is 0 Å². The number of fused-ring (bicyclic) bond motifs is 6. The summed E-state index contributed by atoms with van der Waals surface area (Å²) in [5.41, 5.74) is 4.49. The van der Waals surface area contributed by atoms with Gasteiger partial charge in [-0.2, -0.15) is 0 Å². The molecule has 0 saturated heterocycles. The molecule has 0 unspecified atom stereocenters. The standard InChI is InChI=1S/C38H44O6/c1-19-35(3,4)29-31-21(11-13-27(39)43-31)15-23(33(29)41-19)17-25-37(7,8)26(38(25,9)10)18-24-16-22-12-14-28(40)44-32(22)30-34(24)42-20(2)36(30,5)6/h11-16,19-20,25-26H,17-18H2,1-10H3/t19-,20+,25?,26?. The molecule has 0 amide bonds. The molecular weight excluding hydrogens is 552 g/mol. The van der Waals surface area contributed by atoms with Crippen LogP contribution in [-0.4, -0.2) is 12.2 Å². The van der Waals surface area contributed by atoms with Gasteiger partial charge in [-0.05, 0) is 84.7 Å². The third-order valence-corrected chi connectivity index (χ3v) is 12.2. The molecule has 2 aromatic carbocycles. The van der Waals surface area contributed by atoms with Crippen molar-refractivity contribution in [2.45, 2.75) is 105 Å². The third-order valence-electron chi connectivity index (χ3n) is 12.2. The minimum absolute atomic E-state index is 0.0269. The van der Waals surface area contributed by atoms with E-state index in [9.17, 15) is 9.59 Å². The Morgan fingerprint density at radius 2 is 0.955 bits per heavy atom. The molecule has 3 aliphatic rings. The smallest absolute Gasteiger partial charge is 0.336 e. The average Bonchev–Trinajstić information content (AvgIpc) is 3.32. The van der Waals surface area contributed by atoms with Gasteiger partial charge in [0.05, 0.1) is 0 Å². The van der Waals surface area contributed by atoms with Gasteiger partial charge in [0.25, 0.3) is 0 Å². The van der Waals surface area contributed by atoms with Gasteiger partial charge in [-0.15, -0.1) is 0 Å². The minimum atomic E-state index is -0.337. The van der Waals surface area contributed by atoms with Crippen LogP contribution in [0.5, 0.6) is 11.5 Å². The first-order chi connectivity index (χ1) is 20.5. The lowest BCUT2D eigenvalue weighted by atomic mass is 9.39. The molecule has 4 aromatic rings. The maximum Gasteiger partial charge on any atom is 0.336 e. The van der Waals surface area contributed by atoms with Crippen LogP contribution in [0.15, 0.2) is 54.8 Å². The van der Waals surface area contributed by atoms with Gasteiger partial charge in [0.1, 0.15) is 34.9 Å². The fourth-order valence-electron chi connectivity index (χ4n) is 9.10. The average molecular weight is 597 g/mol. The topological polar surface area (TPSA) is 78.9 Å². The summed E-state index contributed by atoms with van der Waals surface area (Å²) in [5, 5.41) is 1.89. The molecule has 6 heteroatoms. The molecule has 1 aliphatic carbocycles. The number of benzene rings is 2. The maximum atomic E-state index is 12.2. The van der Waals surface area contributed by atoms with E-state index in [4.69, 9.17) is 18.3 Å². The van der Waals surface area contributed by atoms with Crippen LogP contribution in [0.3, 0.4) is 0 Å². The summed E-state index contributed by atoms with van der Waals surface area (Å²) in [5.74, 6) is 2.56. The molecule has 6 nitrogen and oxygen atoms in total. The highest BCUT2D eigenvalue weighted by atomic mass is 16.5. The van der Waals surface area contributed by atoms with Gasteiger partial charge in [-0.1, -0.05) is 55.4 Å². The molecular formula is C38H44O6. The Balaban J connectivity index is 1.28. The van der Waals surface area contributed by atoms with Crippen LogP contribution >= 0.6 is 0 Å². The van der Waals surface area contributed by atoms with Crippen LogP contribution in [-0.2, 0) is 23.7 Å². The zero-order valence-corrected chi connectivity index (χ0v) is 27.6. The van der Waals surface area contributed by atoms with Crippen molar-refractivity contribution in [3.8, 4) is 11.5 Å². The van der Waals surface area contributed by atoms with Crippen molar-refractivity contribution < 1.29 is 18.3 Å². The van der Waals surface area contributed by atoms with E-state index in [0.717, 1.165) is 46.2 Å². The Labute approximate surface area is 258 Å². The predicted octanol–water partition coefficient (Wildman–Crippen LogP) is 8.10. The summed E-state index contributed by atoms with van der Waals surface area (Å²) < 4.78 is 24.7. The zero-order chi connectivity index (χ0) is 31.7. The summed E-state index contributed by atoms with van der Waals surface area (Å²) in [6, 6.07) is 11.1. The predicted molar refractivity (Wildman–Crippen MR) is 173 cm³/mol. The molecule has 7 rings (SSSR count). The number of hydrogen-bond acceptors (Lipinski definition) is 6. The normalized spacial score (nSPS) is 27.0. The number of rotatable bonds is 4. The Morgan fingerprint density at radius 3 is 1.32 bits per heavy atom. The molecule has 1 saturated carbocycles. The molecule has 0 N–H and O–H groups in total. The molecule has 1 fully saturated rings. The fourth-order valence-corrected chi connectivity index (χ4v) is 9.10. The Kier molecular flexibility index (Phi) is 5.98. The van der Waals surface area contributed by atoms with E-state index in [2.05, 4.69) is 81.4 Å². The molecule has 44 heavy (non-hydrogen) atoms. The quantitative estimate of drug-likeness (QED) is 0.222. The van der Waals surface area contributed by atoms with Crippen LogP contribution < -0.4 is 20.7 Å². The first kappa shape index (κ1) is 29.2. The van der Waals surface area contributed by atoms with Crippen molar-refractivity contribution in [2.75, 3.05) is 0 Å². The first-order valence-corrected chi connectivity index (χ1v) is 16.0. The number of hydrogen-bond donors (Lipinski definition) is 0. The van der Waals surface area contributed by atoms with Crippen LogP contribution in [0.2, 0.25) is 0 Å². The Morgan fingerprint density at radius 1 is 0.591 bits per heavy atom. The van der Waals surface area contributed by atoms with Crippen molar-refractivity contribution in [1.82, 2.24) is 0 Å². The Hall–Kier alpha value is -3.54. The van der Waals surface area contributed by atoms with E-state index in [-0.39, 0.29) is 45.1 Å². The fraction of sp³-hybridized carbons (Fsp3) is 0.526. The molecule has 2 aliphatic heterocycles. The summed E-state index contributed by atoms with van der Waals surface area (Å²) in [4.78, 5) is 24.5. The summed E-state index contributed by atoms with van der Waals surface area (Å²) in [7, 11) is 0. The highest BCUT2D eigenvalue weighted by Crippen LogP contribution is 2.66. The number of ether oxygens (including phenoxy) is 2. The molecule has 232 valence electrons. The minimum Gasteiger partial charge on any atom is -0.489 e. The second-order valence-electron chi connectivity index (χ2n) is 15.9. The lowest BCUT2D eigenvalue weighted by molar-refractivity contribution is -0.161. The van der Waals surface area contributed by atoms with Gasteiger partial charge in [0.15, 0.2) is 0 Å². The van der Waals surface area contributed by atoms with Gasteiger partial charge in [-0.25, -0.2) is 9.59 Å². The van der Waals surface area contributed by atoms with E-state index < -0.39 is 0 Å². The first-order valence-electron chi connectivity index (χ1n) is 16.0. The summed E-state index contributed by atoms with van der Waals surface area (Å²) in [6.07, 6.45) is 1.68. The monoisotopic (exact) mass is 596 g/mol. The Bertz CT molecular complexity index is 1810. The summed E-state index contributed by atoms with van der Waals surface area (Å²) in [6.45, 7) is 22.5. The van der Waals surface area contributed by atoms with Crippen molar-refractivity contribution in [3.05, 3.63) is 79.5 Å². The second kappa shape index (κ2) is 9.02. The largest absolute Gasteiger partial charge is 0.489 e. The molecule has 2 atom stereocenters. The lowest BCUT2D eigenvalue weighted by Crippen LogP contribution is -2.60. The lowest BCUT2D eigenvalue weighted by Gasteiger charge is -2.65. The van der Waals surface area contributed by atoms with E-state index in [1.807, 2.05) is 12.1 Å². The molecule has 0 spiro atoms. The molecule has 4 heterocycles. The van der Waals surface area contributed by atoms with Crippen LogP contribution in [0.25, 0.3) is 21.9 Å². The summed E-state index contributed by atoms with van der Waals surface area (Å²) >= 11 is 0. The maximum absolute atomic E-state index is 12.2. The van der Waals surface area contributed by atoms with Crippen LogP contribution in [0.1, 0.15) is 91.5 Å². The highest BCUT2D eigenvalue weighted by molar-refractivity contribution is 5.87. The SMILES string of the molecule is C[C@@H]1Oc2c(CC3C(C)(C)C(Cc4cc5ccc(=O)oc5c5c4O[C@H](C)C5(C)C)C3(C)C)cc3ccc(=O)oc3c2C1(C)C. The van der Waals surface area contributed by atoms with Crippen molar-refractivity contribution in [3.63, 3.8) is 0 Å². The molecule has 0 radical (unpaired) electrons. The van der Waals surface area contributed by atoms with Gasteiger partial charge in [-0.3, -0.25) is 0 Å². The van der Waals surface area contributed by atoms with Gasteiger partial charge in [0.2, 0.25) is 0 Å². The van der Waals surface area contributed by atoms with E-state index in [1.165, 1.54) is 23.3 Å². The van der Waals surface area contributed by atoms with Crippen molar-refractivity contribution in [1.29, 1.82) is 0 Å². The third kappa shape index (κ3) is 3.85. The zero-order valence-electron chi connectivity index (χ0n) is 27.6. The van der Waals surface area contributed by atoms with Gasteiger partial charge >= 0.3 is 11.3 Å². The van der Waals surface area contributed by atoms with Crippen LogP contribution in [0.4, 0.5) is 0 Å². The van der Waals surface area contributed by atoms with E-state index >= 15 is 0 Å². The van der Waals surface area contributed by atoms with Crippen molar-refractivity contribution >= 4 is 21.9 Å². The van der Waals surface area contributed by atoms with Gasteiger partial charge < -0.3 is 18.3 Å². The van der Waals surface area contributed by atoms with Crippen molar-refractivity contribution in [2.24, 2.45) is 22.7 Å². The van der Waals surface area contributed by atoms with Gasteiger partial charge in [0, 0.05) is 44.9 Å². The van der Waals surface area contributed by atoms with E-state index in [0.29, 0.717) is 23.0 Å². The second-order valence-corrected chi connectivity index (χ2v) is 15.9. The van der Waals surface area contributed by atoms with Crippen LogP contribution in [0, 0.1) is 22.7 Å².